The lowest BCUT2D eigenvalue weighted by Crippen LogP contribution is -2.24. The van der Waals surface area contributed by atoms with Crippen molar-refractivity contribution in [1.29, 1.82) is 0 Å². The van der Waals surface area contributed by atoms with E-state index in [0.717, 1.165) is 11.3 Å². The van der Waals surface area contributed by atoms with Crippen molar-refractivity contribution in [2.75, 3.05) is 5.75 Å². The minimum atomic E-state index is -0.330. The number of carbonyl (C=O) groups is 3. The molecule has 3 aromatic rings. The van der Waals surface area contributed by atoms with Crippen molar-refractivity contribution < 1.29 is 14.4 Å². The quantitative estimate of drug-likeness (QED) is 0.175. The number of fused-ring (bicyclic) bond motifs is 1. The zero-order valence-corrected chi connectivity index (χ0v) is 20.0. The average Bonchev–Trinajstić information content (AvgIpc) is 3.26. The summed E-state index contributed by atoms with van der Waals surface area (Å²) in [7, 11) is 0. The molecular weight excluding hydrogens is 460 g/mol. The molecule has 0 bridgehead atoms. The highest BCUT2D eigenvalue weighted by molar-refractivity contribution is 7.99. The number of nitrogens with one attached hydrogen (secondary N) is 1. The summed E-state index contributed by atoms with van der Waals surface area (Å²) in [5.74, 6) is -0.369. The van der Waals surface area contributed by atoms with E-state index >= 15 is 0 Å². The molecule has 10 heteroatoms. The lowest BCUT2D eigenvalue weighted by Gasteiger charge is -2.12. The third-order valence-electron chi connectivity index (χ3n) is 4.91. The summed E-state index contributed by atoms with van der Waals surface area (Å²) in [6.07, 6.45) is 2.46. The van der Waals surface area contributed by atoms with Gasteiger partial charge < -0.3 is 11.1 Å². The molecular formula is C23H26N4O4S2. The third-order valence-corrected chi connectivity index (χ3v) is 7.01. The fraction of sp³-hybridized carbons (Fsp3) is 0.348. The van der Waals surface area contributed by atoms with Crippen molar-refractivity contribution in [1.82, 2.24) is 14.9 Å². The summed E-state index contributed by atoms with van der Waals surface area (Å²) in [5.41, 5.74) is 5.64. The second-order valence-corrected chi connectivity index (χ2v) is 9.64. The third kappa shape index (κ3) is 7.00. The summed E-state index contributed by atoms with van der Waals surface area (Å²) in [6, 6.07) is 10.7. The predicted octanol–water partition coefficient (Wildman–Crippen LogP) is 3.11. The molecule has 0 saturated heterocycles. The van der Waals surface area contributed by atoms with Gasteiger partial charge in [0.25, 0.3) is 5.56 Å². The number of unbranched alkanes of at least 4 members (excludes halogenated alkanes) is 2. The van der Waals surface area contributed by atoms with Gasteiger partial charge in [-0.1, -0.05) is 30.3 Å². The van der Waals surface area contributed by atoms with Gasteiger partial charge in [0.2, 0.25) is 11.8 Å². The highest BCUT2D eigenvalue weighted by Crippen LogP contribution is 2.23. The van der Waals surface area contributed by atoms with Crippen LogP contribution < -0.4 is 16.6 Å². The standard InChI is InChI=1S/C23H26N4O4S2/c1-15(28)25-13-16-10-11-20(33-16)19(29)14-32-23-26-18-8-5-4-7-17(18)22(31)27(23)12-6-2-3-9-21(24)30/h4-5,7-8,10-11H,2-3,6,9,12-14H2,1H3,(H2,24,30)(H,25,28). The Labute approximate surface area is 199 Å². The molecule has 2 amide bonds. The van der Waals surface area contributed by atoms with Crippen LogP contribution in [0.3, 0.4) is 0 Å². The molecule has 0 aliphatic carbocycles. The molecule has 0 aliphatic heterocycles. The van der Waals surface area contributed by atoms with Crippen LogP contribution in [0.4, 0.5) is 0 Å². The fourth-order valence-corrected chi connectivity index (χ4v) is 5.12. The number of rotatable bonds is 12. The van der Waals surface area contributed by atoms with Crippen LogP contribution in [0.15, 0.2) is 46.3 Å². The van der Waals surface area contributed by atoms with E-state index in [1.807, 2.05) is 12.1 Å². The number of aromatic nitrogens is 2. The van der Waals surface area contributed by atoms with Crippen LogP contribution in [-0.4, -0.2) is 32.9 Å². The number of carbonyl (C=O) groups excluding carboxylic acids is 3. The summed E-state index contributed by atoms with van der Waals surface area (Å²) >= 11 is 2.59. The van der Waals surface area contributed by atoms with E-state index in [4.69, 9.17) is 5.73 Å². The molecule has 0 saturated carbocycles. The highest BCUT2D eigenvalue weighted by Gasteiger charge is 2.15. The van der Waals surface area contributed by atoms with Gasteiger partial charge in [0, 0.05) is 24.8 Å². The number of hydrogen-bond acceptors (Lipinski definition) is 7. The van der Waals surface area contributed by atoms with E-state index in [-0.39, 0.29) is 28.9 Å². The van der Waals surface area contributed by atoms with Gasteiger partial charge in [0.1, 0.15) is 0 Å². The zero-order chi connectivity index (χ0) is 23.8. The molecule has 2 heterocycles. The normalized spacial score (nSPS) is 10.9. The first-order valence-corrected chi connectivity index (χ1v) is 12.4. The van der Waals surface area contributed by atoms with Gasteiger partial charge in [-0.15, -0.1) is 11.3 Å². The van der Waals surface area contributed by atoms with Crippen molar-refractivity contribution in [2.45, 2.75) is 50.9 Å². The molecule has 2 aromatic heterocycles. The number of benzene rings is 1. The number of nitrogens with zero attached hydrogens (tertiary/aromatic N) is 2. The lowest BCUT2D eigenvalue weighted by atomic mass is 10.2. The zero-order valence-electron chi connectivity index (χ0n) is 18.3. The van der Waals surface area contributed by atoms with Crippen LogP contribution in [0.25, 0.3) is 10.9 Å². The largest absolute Gasteiger partial charge is 0.370 e. The number of ketones is 1. The van der Waals surface area contributed by atoms with Gasteiger partial charge in [0.15, 0.2) is 10.9 Å². The van der Waals surface area contributed by atoms with Crippen LogP contribution in [0.5, 0.6) is 0 Å². The van der Waals surface area contributed by atoms with Crippen LogP contribution in [0, 0.1) is 0 Å². The second kappa shape index (κ2) is 11.8. The van der Waals surface area contributed by atoms with Crippen molar-refractivity contribution in [3.8, 4) is 0 Å². The number of amides is 2. The van der Waals surface area contributed by atoms with Crippen LogP contribution in [0.1, 0.15) is 47.2 Å². The fourth-order valence-electron chi connectivity index (χ4n) is 3.24. The molecule has 33 heavy (non-hydrogen) atoms. The maximum Gasteiger partial charge on any atom is 0.262 e. The van der Waals surface area contributed by atoms with Crippen molar-refractivity contribution >= 4 is 51.6 Å². The van der Waals surface area contributed by atoms with Crippen LogP contribution in [-0.2, 0) is 22.7 Å². The van der Waals surface area contributed by atoms with E-state index < -0.39 is 0 Å². The first-order chi connectivity index (χ1) is 15.8. The minimum Gasteiger partial charge on any atom is -0.370 e. The number of thioether (sulfide) groups is 1. The van der Waals surface area contributed by atoms with Gasteiger partial charge in [0.05, 0.1) is 28.1 Å². The molecule has 3 N–H and O–H groups in total. The number of hydrogen-bond donors (Lipinski definition) is 2. The van der Waals surface area contributed by atoms with Crippen molar-refractivity contribution in [3.63, 3.8) is 0 Å². The first kappa shape index (κ1) is 24.7. The Kier molecular flexibility index (Phi) is 8.79. The molecule has 0 fully saturated rings. The summed E-state index contributed by atoms with van der Waals surface area (Å²) in [5, 5.41) is 3.75. The average molecular weight is 487 g/mol. The highest BCUT2D eigenvalue weighted by atomic mass is 32.2. The van der Waals surface area contributed by atoms with E-state index in [1.54, 1.807) is 28.8 Å². The number of Topliss-reactive ketones (excluding diaryl/α,β-unsaturated/α-hetero) is 1. The topological polar surface area (TPSA) is 124 Å². The molecule has 0 unspecified atom stereocenters. The molecule has 0 radical (unpaired) electrons. The first-order valence-electron chi connectivity index (χ1n) is 10.6. The molecule has 0 spiro atoms. The summed E-state index contributed by atoms with van der Waals surface area (Å²) in [4.78, 5) is 54.0. The minimum absolute atomic E-state index is 0.0607. The SMILES string of the molecule is CC(=O)NCc1ccc(C(=O)CSc2nc3ccccc3c(=O)n2CCCCCC(N)=O)s1. The summed E-state index contributed by atoms with van der Waals surface area (Å²) in [6.45, 7) is 2.29. The molecule has 0 aliphatic rings. The van der Waals surface area contributed by atoms with Crippen LogP contribution >= 0.6 is 23.1 Å². The Hall–Kier alpha value is -2.98. The molecule has 174 valence electrons. The Morgan fingerprint density at radius 3 is 2.67 bits per heavy atom. The number of thiophene rings is 1. The Balaban J connectivity index is 1.72. The van der Waals surface area contributed by atoms with Crippen molar-refractivity contribution in [3.05, 3.63) is 56.5 Å². The van der Waals surface area contributed by atoms with E-state index in [1.165, 1.54) is 30.0 Å². The monoisotopic (exact) mass is 486 g/mol. The predicted molar refractivity (Wildman–Crippen MR) is 131 cm³/mol. The maximum atomic E-state index is 13.1. The lowest BCUT2D eigenvalue weighted by molar-refractivity contribution is -0.119. The number of nitrogens with two attached hydrogens (primary N) is 1. The number of primary amides is 1. The molecule has 1 aromatic carbocycles. The Morgan fingerprint density at radius 2 is 1.91 bits per heavy atom. The van der Waals surface area contributed by atoms with Gasteiger partial charge in [-0.2, -0.15) is 0 Å². The Bertz CT molecular complexity index is 1220. The molecule has 3 rings (SSSR count). The maximum absolute atomic E-state index is 13.1. The van der Waals surface area contributed by atoms with Crippen molar-refractivity contribution in [2.24, 2.45) is 5.73 Å². The van der Waals surface area contributed by atoms with Gasteiger partial charge >= 0.3 is 0 Å². The van der Waals surface area contributed by atoms with Gasteiger partial charge in [-0.3, -0.25) is 23.7 Å². The number of para-hydroxylation sites is 1. The second-order valence-electron chi connectivity index (χ2n) is 7.53. The smallest absolute Gasteiger partial charge is 0.262 e. The van der Waals surface area contributed by atoms with Crippen LogP contribution in [0.2, 0.25) is 0 Å². The summed E-state index contributed by atoms with van der Waals surface area (Å²) < 4.78 is 1.61. The van der Waals surface area contributed by atoms with Gasteiger partial charge in [-0.05, 0) is 37.1 Å². The molecule has 0 atom stereocenters. The Morgan fingerprint density at radius 1 is 1.12 bits per heavy atom. The molecule has 8 nitrogen and oxygen atoms in total. The van der Waals surface area contributed by atoms with Gasteiger partial charge in [-0.25, -0.2) is 4.98 Å². The van der Waals surface area contributed by atoms with E-state index in [0.29, 0.717) is 53.3 Å². The van der Waals surface area contributed by atoms with E-state index in [2.05, 4.69) is 10.3 Å². The van der Waals surface area contributed by atoms with E-state index in [9.17, 15) is 19.2 Å².